The Kier molecular flexibility index (Phi) is 3.40. The van der Waals surface area contributed by atoms with Gasteiger partial charge in [-0.2, -0.15) is 0 Å². The molecule has 2 aromatic rings. The molecule has 0 fully saturated rings. The van der Waals surface area contributed by atoms with Crippen LogP contribution in [0.15, 0.2) is 40.1 Å². The van der Waals surface area contributed by atoms with Crippen LogP contribution in [0.1, 0.15) is 0 Å². The summed E-state index contributed by atoms with van der Waals surface area (Å²) < 4.78 is 37.9. The highest BCUT2D eigenvalue weighted by Crippen LogP contribution is 2.39. The lowest BCUT2D eigenvalue weighted by molar-refractivity contribution is 0.171. The van der Waals surface area contributed by atoms with Gasteiger partial charge < -0.3 is 15.2 Å². The lowest BCUT2D eigenvalue weighted by Crippen LogP contribution is -2.15. The molecule has 104 valence electrons. The smallest absolute Gasteiger partial charge is 0.174 e. The van der Waals surface area contributed by atoms with Crippen LogP contribution in [0.3, 0.4) is 0 Å². The molecule has 0 saturated heterocycles. The number of anilines is 1. The molecule has 0 radical (unpaired) electrons. The first-order valence-corrected chi connectivity index (χ1v) is 6.78. The molecule has 2 N–H and O–H groups in total. The fraction of sp³-hybridized carbons (Fsp3) is 0.143. The van der Waals surface area contributed by atoms with E-state index in [0.29, 0.717) is 29.6 Å². The number of fused-ring (bicyclic) bond motifs is 1. The molecule has 3 rings (SSSR count). The van der Waals surface area contributed by atoms with Gasteiger partial charge >= 0.3 is 0 Å². The summed E-state index contributed by atoms with van der Waals surface area (Å²) in [6.45, 7) is 0.975. The molecule has 0 amide bonds. The van der Waals surface area contributed by atoms with Crippen molar-refractivity contribution in [3.8, 4) is 11.5 Å². The predicted molar refractivity (Wildman–Crippen MR) is 72.3 cm³/mol. The summed E-state index contributed by atoms with van der Waals surface area (Å²) in [6.07, 6.45) is 0. The van der Waals surface area contributed by atoms with Gasteiger partial charge in [0.05, 0.1) is 4.90 Å². The van der Waals surface area contributed by atoms with Crippen LogP contribution < -0.4 is 15.2 Å². The van der Waals surface area contributed by atoms with E-state index >= 15 is 0 Å². The van der Waals surface area contributed by atoms with Crippen LogP contribution in [0, 0.1) is 11.6 Å². The Morgan fingerprint density at radius 1 is 1.00 bits per heavy atom. The minimum Gasteiger partial charge on any atom is -0.486 e. The first-order valence-electron chi connectivity index (χ1n) is 5.96. The number of ether oxygens (including phenoxy) is 2. The van der Waals surface area contributed by atoms with Crippen LogP contribution in [0.5, 0.6) is 11.5 Å². The predicted octanol–water partition coefficient (Wildman–Crippen LogP) is 3.47. The van der Waals surface area contributed by atoms with Gasteiger partial charge in [0.2, 0.25) is 0 Å². The van der Waals surface area contributed by atoms with Crippen LogP contribution in [0.2, 0.25) is 0 Å². The van der Waals surface area contributed by atoms with Crippen molar-refractivity contribution in [1.82, 2.24) is 0 Å². The molecule has 2 aromatic carbocycles. The van der Waals surface area contributed by atoms with Crippen LogP contribution in [-0.2, 0) is 0 Å². The summed E-state index contributed by atoms with van der Waals surface area (Å²) in [4.78, 5) is 0.770. The molecular weight excluding hydrogens is 284 g/mol. The fourth-order valence-electron chi connectivity index (χ4n) is 1.86. The van der Waals surface area contributed by atoms with Gasteiger partial charge in [-0.05, 0) is 30.3 Å². The van der Waals surface area contributed by atoms with Gasteiger partial charge in [0.1, 0.15) is 13.2 Å². The Bertz CT molecular complexity index is 664. The SMILES string of the molecule is Nc1ccc(F)c(F)c1Sc1ccc2c(c1)OCCO2. The second-order valence-electron chi connectivity index (χ2n) is 4.19. The van der Waals surface area contributed by atoms with Gasteiger partial charge in [-0.25, -0.2) is 8.78 Å². The number of hydrogen-bond donors (Lipinski definition) is 1. The van der Waals surface area contributed by atoms with E-state index in [4.69, 9.17) is 15.2 Å². The summed E-state index contributed by atoms with van der Waals surface area (Å²) in [5.74, 6) is -0.617. The Morgan fingerprint density at radius 2 is 1.75 bits per heavy atom. The highest BCUT2D eigenvalue weighted by atomic mass is 32.2. The van der Waals surface area contributed by atoms with E-state index in [2.05, 4.69) is 0 Å². The summed E-state index contributed by atoms with van der Waals surface area (Å²) >= 11 is 1.05. The number of nitrogens with two attached hydrogens (primary N) is 1. The van der Waals surface area contributed by atoms with E-state index in [-0.39, 0.29) is 10.6 Å². The largest absolute Gasteiger partial charge is 0.486 e. The highest BCUT2D eigenvalue weighted by molar-refractivity contribution is 7.99. The third-order valence-electron chi connectivity index (χ3n) is 2.81. The molecule has 0 bridgehead atoms. The standard InChI is InChI=1S/C14H11F2NO2S/c15-9-2-3-10(17)14(13(9)16)20-8-1-4-11-12(7-8)19-6-5-18-11/h1-4,7H,5-6,17H2. The molecule has 0 spiro atoms. The fourth-order valence-corrected chi connectivity index (χ4v) is 2.77. The average Bonchev–Trinajstić information content (AvgIpc) is 2.47. The lowest BCUT2D eigenvalue weighted by atomic mass is 10.3. The van der Waals surface area contributed by atoms with Gasteiger partial charge in [-0.3, -0.25) is 0 Å². The minimum absolute atomic E-state index is 0.0710. The van der Waals surface area contributed by atoms with Gasteiger partial charge in [-0.1, -0.05) is 11.8 Å². The zero-order valence-electron chi connectivity index (χ0n) is 10.4. The Hall–Kier alpha value is -1.95. The zero-order chi connectivity index (χ0) is 14.1. The third kappa shape index (κ3) is 2.38. The van der Waals surface area contributed by atoms with Crippen molar-refractivity contribution >= 4 is 17.4 Å². The molecule has 20 heavy (non-hydrogen) atoms. The monoisotopic (exact) mass is 295 g/mol. The maximum absolute atomic E-state index is 13.8. The van der Waals surface area contributed by atoms with Crippen molar-refractivity contribution in [2.45, 2.75) is 9.79 Å². The van der Waals surface area contributed by atoms with E-state index in [1.807, 2.05) is 0 Å². The number of halogens is 2. The van der Waals surface area contributed by atoms with Crippen molar-refractivity contribution in [3.05, 3.63) is 42.0 Å². The number of nitrogen functional groups attached to an aromatic ring is 1. The maximum atomic E-state index is 13.8. The molecule has 0 saturated carbocycles. The summed E-state index contributed by atoms with van der Waals surface area (Å²) in [7, 11) is 0. The van der Waals surface area contributed by atoms with E-state index in [9.17, 15) is 8.78 Å². The van der Waals surface area contributed by atoms with Crippen molar-refractivity contribution < 1.29 is 18.3 Å². The number of hydrogen-bond acceptors (Lipinski definition) is 4. The van der Waals surface area contributed by atoms with E-state index in [1.54, 1.807) is 18.2 Å². The minimum atomic E-state index is -0.940. The topological polar surface area (TPSA) is 44.5 Å². The normalized spacial score (nSPS) is 13.3. The van der Waals surface area contributed by atoms with Crippen LogP contribution in [-0.4, -0.2) is 13.2 Å². The Balaban J connectivity index is 1.94. The van der Waals surface area contributed by atoms with E-state index < -0.39 is 11.6 Å². The Labute approximate surface area is 118 Å². The van der Waals surface area contributed by atoms with Crippen molar-refractivity contribution in [2.24, 2.45) is 0 Å². The Morgan fingerprint density at radius 3 is 2.55 bits per heavy atom. The molecule has 1 heterocycles. The number of rotatable bonds is 2. The highest BCUT2D eigenvalue weighted by Gasteiger charge is 2.16. The maximum Gasteiger partial charge on any atom is 0.174 e. The molecule has 1 aliphatic rings. The second-order valence-corrected chi connectivity index (χ2v) is 5.27. The average molecular weight is 295 g/mol. The van der Waals surface area contributed by atoms with Crippen LogP contribution in [0.4, 0.5) is 14.5 Å². The van der Waals surface area contributed by atoms with Crippen molar-refractivity contribution in [3.63, 3.8) is 0 Å². The molecular formula is C14H11F2NO2S. The lowest BCUT2D eigenvalue weighted by Gasteiger charge is -2.18. The first-order chi connectivity index (χ1) is 9.65. The molecule has 3 nitrogen and oxygen atoms in total. The van der Waals surface area contributed by atoms with Gasteiger partial charge in [0.25, 0.3) is 0 Å². The zero-order valence-corrected chi connectivity index (χ0v) is 11.2. The summed E-state index contributed by atoms with van der Waals surface area (Å²) in [6, 6.07) is 7.58. The van der Waals surface area contributed by atoms with Crippen molar-refractivity contribution in [2.75, 3.05) is 18.9 Å². The van der Waals surface area contributed by atoms with Crippen LogP contribution >= 0.6 is 11.8 Å². The van der Waals surface area contributed by atoms with E-state index in [1.165, 1.54) is 6.07 Å². The van der Waals surface area contributed by atoms with Crippen LogP contribution in [0.25, 0.3) is 0 Å². The number of benzene rings is 2. The third-order valence-corrected chi connectivity index (χ3v) is 3.92. The molecule has 0 unspecified atom stereocenters. The van der Waals surface area contributed by atoms with Gasteiger partial charge in [0.15, 0.2) is 23.1 Å². The molecule has 0 aromatic heterocycles. The molecule has 1 aliphatic heterocycles. The summed E-state index contributed by atoms with van der Waals surface area (Å²) in [5.41, 5.74) is 5.89. The van der Waals surface area contributed by atoms with Gasteiger partial charge in [-0.15, -0.1) is 0 Å². The first kappa shape index (κ1) is 13.1. The van der Waals surface area contributed by atoms with Gasteiger partial charge in [0, 0.05) is 10.6 Å². The summed E-state index contributed by atoms with van der Waals surface area (Å²) in [5, 5.41) is 0. The van der Waals surface area contributed by atoms with E-state index in [0.717, 1.165) is 17.8 Å². The van der Waals surface area contributed by atoms with Crippen molar-refractivity contribution in [1.29, 1.82) is 0 Å². The molecule has 0 aliphatic carbocycles. The quantitative estimate of drug-likeness (QED) is 0.862. The molecule has 6 heteroatoms. The molecule has 0 atom stereocenters. The second kappa shape index (κ2) is 5.20.